The molecule has 1 atom stereocenters. The van der Waals surface area contributed by atoms with Crippen LogP contribution in [0.15, 0.2) is 21.7 Å². The van der Waals surface area contributed by atoms with Gasteiger partial charge in [0, 0.05) is 9.77 Å². The Hall–Kier alpha value is 0.0800. The van der Waals surface area contributed by atoms with Crippen LogP contribution in [0.5, 0.6) is 0 Å². The second kappa shape index (κ2) is 2.04. The first-order valence-corrected chi connectivity index (χ1v) is 5.78. The van der Waals surface area contributed by atoms with Gasteiger partial charge in [0.15, 0.2) is 0 Å². The molecule has 0 amide bonds. The fourth-order valence-electron chi connectivity index (χ4n) is 0.829. The third kappa shape index (κ3) is 0.820. The molecular weight excluding hydrogens is 172 g/mol. The van der Waals surface area contributed by atoms with Crippen molar-refractivity contribution in [3.05, 3.63) is 21.7 Å². The van der Waals surface area contributed by atoms with Crippen molar-refractivity contribution < 1.29 is 0 Å². The lowest BCUT2D eigenvalue weighted by Crippen LogP contribution is -1.58. The molecule has 0 spiro atoms. The summed E-state index contributed by atoms with van der Waals surface area (Å²) in [6.07, 6.45) is 2.11. The van der Waals surface area contributed by atoms with Crippen LogP contribution in [0, 0.1) is 0 Å². The van der Waals surface area contributed by atoms with Crippen molar-refractivity contribution in [1.29, 1.82) is 0 Å². The summed E-state index contributed by atoms with van der Waals surface area (Å²) in [6, 6.07) is 2.11. The average Bonchev–Trinajstić information content (AvgIpc) is 2.35. The minimum atomic E-state index is -0.442. The molecule has 0 bridgehead atoms. The molecule has 1 aliphatic rings. The zero-order valence-electron chi connectivity index (χ0n) is 4.54. The largest absolute Gasteiger partial charge is 0.143 e. The van der Waals surface area contributed by atoms with Crippen molar-refractivity contribution >= 4 is 38.2 Å². The first-order chi connectivity index (χ1) is 4.38. The number of hydrogen-bond donors (Lipinski definition) is 1. The smallest absolute Gasteiger partial charge is 0.0407 e. The Labute approximate surface area is 65.0 Å². The fraction of sp³-hybridized carbons (Fsp3) is 0. The van der Waals surface area contributed by atoms with Crippen molar-refractivity contribution in [1.82, 2.24) is 0 Å². The van der Waals surface area contributed by atoms with Crippen LogP contribution in [0.1, 0.15) is 4.88 Å². The van der Waals surface area contributed by atoms with E-state index in [4.69, 9.17) is 10.7 Å². The van der Waals surface area contributed by atoms with Gasteiger partial charge in [0.25, 0.3) is 0 Å². The van der Waals surface area contributed by atoms with Crippen molar-refractivity contribution in [3.63, 3.8) is 0 Å². The third-order valence-corrected chi connectivity index (χ3v) is 4.44. The Kier molecular flexibility index (Phi) is 1.32. The van der Waals surface area contributed by atoms with Crippen molar-refractivity contribution in [3.8, 4) is 0 Å². The second-order valence-electron chi connectivity index (χ2n) is 1.80. The average molecular weight is 177 g/mol. The van der Waals surface area contributed by atoms with Gasteiger partial charge < -0.3 is 0 Å². The van der Waals surface area contributed by atoms with Gasteiger partial charge in [-0.2, -0.15) is 0 Å². The highest BCUT2D eigenvalue weighted by atomic mass is 35.7. The first-order valence-electron chi connectivity index (χ1n) is 2.58. The minimum Gasteiger partial charge on any atom is -0.143 e. The van der Waals surface area contributed by atoms with E-state index in [1.54, 1.807) is 11.3 Å². The van der Waals surface area contributed by atoms with E-state index in [1.807, 2.05) is 0 Å². The molecule has 2 rings (SSSR count). The van der Waals surface area contributed by atoms with E-state index in [0.29, 0.717) is 0 Å². The van der Waals surface area contributed by atoms with Gasteiger partial charge in [-0.15, -0.1) is 21.4 Å². The van der Waals surface area contributed by atoms with Crippen molar-refractivity contribution in [2.24, 2.45) is 0 Å². The lowest BCUT2D eigenvalue weighted by Gasteiger charge is -1.98. The number of fused-ring (bicyclic) bond motifs is 1. The van der Waals surface area contributed by atoms with Crippen LogP contribution in [0.25, 0.3) is 6.08 Å². The first kappa shape index (κ1) is 5.83. The number of hydrogen-bond acceptors (Lipinski definition) is 1. The Morgan fingerprint density at radius 3 is 3.22 bits per heavy atom. The van der Waals surface area contributed by atoms with Gasteiger partial charge in [0.2, 0.25) is 0 Å². The Morgan fingerprint density at radius 1 is 1.56 bits per heavy atom. The van der Waals surface area contributed by atoms with E-state index in [-0.39, 0.29) is 0 Å². The summed E-state index contributed by atoms with van der Waals surface area (Å²) in [5.74, 6) is 0. The van der Waals surface area contributed by atoms with Crippen LogP contribution < -0.4 is 0 Å². The predicted molar refractivity (Wildman–Crippen MR) is 46.5 cm³/mol. The molecule has 3 heteroatoms. The predicted octanol–water partition coefficient (Wildman–Crippen LogP) is 3.25. The fourth-order valence-corrected chi connectivity index (χ4v) is 3.87. The van der Waals surface area contributed by atoms with Gasteiger partial charge in [-0.05, 0) is 22.9 Å². The number of rotatable bonds is 0. The molecule has 48 valence electrons. The molecule has 2 heterocycles. The van der Waals surface area contributed by atoms with E-state index in [2.05, 4.69) is 22.9 Å². The standard InChI is InChI=1S/C6H5ClS2/c7-9-4-2-5-6(9)1-3-8-5/h1-4,9H. The number of thiol groups is 1. The van der Waals surface area contributed by atoms with E-state index < -0.39 is 10.1 Å². The quantitative estimate of drug-likeness (QED) is 0.577. The SMILES string of the molecule is Cl[SH]1C=Cc2sccc21. The molecule has 0 nitrogen and oxygen atoms in total. The molecule has 9 heavy (non-hydrogen) atoms. The molecule has 1 aromatic heterocycles. The van der Waals surface area contributed by atoms with E-state index in [1.165, 1.54) is 9.77 Å². The summed E-state index contributed by atoms with van der Waals surface area (Å²) < 4.78 is 0. The Morgan fingerprint density at radius 2 is 2.44 bits per heavy atom. The summed E-state index contributed by atoms with van der Waals surface area (Å²) in [4.78, 5) is 2.67. The van der Waals surface area contributed by atoms with Crippen LogP contribution >= 0.6 is 32.1 Å². The molecule has 1 unspecified atom stereocenters. The van der Waals surface area contributed by atoms with Crippen molar-refractivity contribution in [2.45, 2.75) is 4.90 Å². The summed E-state index contributed by atoms with van der Waals surface area (Å²) in [5.41, 5.74) is 0. The van der Waals surface area contributed by atoms with Crippen LogP contribution in [-0.4, -0.2) is 0 Å². The molecule has 0 aliphatic carbocycles. The lowest BCUT2D eigenvalue weighted by atomic mass is 10.5. The maximum absolute atomic E-state index is 5.97. The Balaban J connectivity index is 2.60. The molecule has 0 fully saturated rings. The Bertz CT molecular complexity index is 251. The minimum absolute atomic E-state index is 0.442. The van der Waals surface area contributed by atoms with Gasteiger partial charge in [0.1, 0.15) is 0 Å². The molecule has 0 saturated carbocycles. The molecule has 0 saturated heterocycles. The van der Waals surface area contributed by atoms with Gasteiger partial charge in [-0.3, -0.25) is 0 Å². The highest BCUT2D eigenvalue weighted by Crippen LogP contribution is 2.51. The van der Waals surface area contributed by atoms with Gasteiger partial charge in [0.05, 0.1) is 0 Å². The highest BCUT2D eigenvalue weighted by molar-refractivity contribution is 8.39. The maximum atomic E-state index is 5.97. The number of halogens is 1. The van der Waals surface area contributed by atoms with Gasteiger partial charge in [-0.1, -0.05) is 10.7 Å². The van der Waals surface area contributed by atoms with Crippen LogP contribution in [0.2, 0.25) is 0 Å². The topological polar surface area (TPSA) is 0 Å². The van der Waals surface area contributed by atoms with E-state index >= 15 is 0 Å². The summed E-state index contributed by atoms with van der Waals surface area (Å²) in [5, 5.41) is 4.17. The summed E-state index contributed by atoms with van der Waals surface area (Å²) in [7, 11) is 5.53. The monoisotopic (exact) mass is 176 g/mol. The second-order valence-corrected chi connectivity index (χ2v) is 5.24. The molecular formula is C6H5ClS2. The molecule has 0 aromatic carbocycles. The van der Waals surface area contributed by atoms with Crippen LogP contribution in [0.3, 0.4) is 0 Å². The zero-order valence-corrected chi connectivity index (χ0v) is 7.01. The highest BCUT2D eigenvalue weighted by Gasteiger charge is 2.11. The zero-order chi connectivity index (χ0) is 6.27. The normalized spacial score (nSPS) is 26.6. The number of thiophene rings is 1. The van der Waals surface area contributed by atoms with Gasteiger partial charge >= 0.3 is 0 Å². The molecule has 1 aromatic rings. The van der Waals surface area contributed by atoms with Crippen LogP contribution in [0.4, 0.5) is 0 Å². The van der Waals surface area contributed by atoms with E-state index in [9.17, 15) is 0 Å². The third-order valence-electron chi connectivity index (χ3n) is 1.26. The summed E-state index contributed by atoms with van der Waals surface area (Å²) >= 11 is 1.76. The van der Waals surface area contributed by atoms with E-state index in [0.717, 1.165) is 0 Å². The van der Waals surface area contributed by atoms with Gasteiger partial charge in [-0.25, -0.2) is 0 Å². The molecule has 0 N–H and O–H groups in total. The maximum Gasteiger partial charge on any atom is 0.0407 e. The molecule has 1 aliphatic heterocycles. The van der Waals surface area contributed by atoms with Crippen molar-refractivity contribution in [2.75, 3.05) is 0 Å². The van der Waals surface area contributed by atoms with Crippen LogP contribution in [-0.2, 0) is 0 Å². The summed E-state index contributed by atoms with van der Waals surface area (Å²) in [6.45, 7) is 0. The molecule has 0 radical (unpaired) electrons. The lowest BCUT2D eigenvalue weighted by molar-refractivity contribution is 1.58.